The number of amides is 2. The van der Waals surface area contributed by atoms with Gasteiger partial charge < -0.3 is 19.9 Å². The molecule has 2 aromatic rings. The fourth-order valence-corrected chi connectivity index (χ4v) is 3.85. The Balaban J connectivity index is 1.59. The van der Waals surface area contributed by atoms with Gasteiger partial charge in [-0.05, 0) is 25.0 Å². The van der Waals surface area contributed by atoms with Gasteiger partial charge in [0.1, 0.15) is 17.4 Å². The standard InChI is InChI=1S/C22H27N5O4/c1-16(28)26-22(11-4-2-3-5-12-22)21-25-20(31-27-21)10-9-19(29)24-17-7-6-8-18(15-17)30-14-13-23/h6-8,15H,2-5,9-12,14H2,1H3,(H,24,29)(H,26,28). The van der Waals surface area contributed by atoms with Crippen LogP contribution in [0.5, 0.6) is 5.75 Å². The maximum Gasteiger partial charge on any atom is 0.227 e. The first-order valence-corrected chi connectivity index (χ1v) is 10.5. The van der Waals surface area contributed by atoms with Gasteiger partial charge in [-0.15, -0.1) is 0 Å². The Morgan fingerprint density at radius 2 is 2.03 bits per heavy atom. The predicted octanol–water partition coefficient (Wildman–Crippen LogP) is 3.23. The first kappa shape index (κ1) is 22.3. The summed E-state index contributed by atoms with van der Waals surface area (Å²) in [5, 5.41) is 18.6. The summed E-state index contributed by atoms with van der Waals surface area (Å²) in [4.78, 5) is 28.6. The molecule has 2 amide bonds. The van der Waals surface area contributed by atoms with E-state index in [0.717, 1.165) is 38.5 Å². The van der Waals surface area contributed by atoms with Gasteiger partial charge in [-0.25, -0.2) is 0 Å². The minimum absolute atomic E-state index is 0.0587. The SMILES string of the molecule is CC(=O)NC1(c2noc(CCC(=O)Nc3cccc(OCC#N)c3)n2)CCCCCC1. The molecule has 2 N–H and O–H groups in total. The zero-order valence-corrected chi connectivity index (χ0v) is 17.6. The highest BCUT2D eigenvalue weighted by molar-refractivity contribution is 5.90. The zero-order valence-electron chi connectivity index (χ0n) is 17.6. The molecule has 1 fully saturated rings. The Kier molecular flexibility index (Phi) is 7.60. The molecule has 1 aliphatic rings. The summed E-state index contributed by atoms with van der Waals surface area (Å²) in [6.07, 6.45) is 6.22. The minimum atomic E-state index is -0.601. The van der Waals surface area contributed by atoms with Gasteiger partial charge in [0, 0.05) is 31.5 Å². The third-order valence-corrected chi connectivity index (χ3v) is 5.26. The van der Waals surface area contributed by atoms with Crippen molar-refractivity contribution in [3.8, 4) is 11.8 Å². The molecule has 1 heterocycles. The first-order chi connectivity index (χ1) is 15.0. The van der Waals surface area contributed by atoms with Gasteiger partial charge in [0.25, 0.3) is 0 Å². The van der Waals surface area contributed by atoms with Crippen LogP contribution in [-0.4, -0.2) is 28.6 Å². The molecule has 0 aliphatic heterocycles. The van der Waals surface area contributed by atoms with Crippen LogP contribution in [0.25, 0.3) is 0 Å². The fourth-order valence-electron chi connectivity index (χ4n) is 3.85. The van der Waals surface area contributed by atoms with Crippen LogP contribution in [0, 0.1) is 11.3 Å². The summed E-state index contributed by atoms with van der Waals surface area (Å²) in [5.74, 6) is 1.04. The van der Waals surface area contributed by atoms with Crippen LogP contribution in [0.3, 0.4) is 0 Å². The zero-order chi connectivity index (χ0) is 22.1. The summed E-state index contributed by atoms with van der Waals surface area (Å²) >= 11 is 0. The third-order valence-electron chi connectivity index (χ3n) is 5.26. The van der Waals surface area contributed by atoms with Crippen molar-refractivity contribution in [2.24, 2.45) is 0 Å². The monoisotopic (exact) mass is 425 g/mol. The second-order valence-electron chi connectivity index (χ2n) is 7.71. The maximum atomic E-state index is 12.3. The number of benzene rings is 1. The average molecular weight is 425 g/mol. The molecular weight excluding hydrogens is 398 g/mol. The topological polar surface area (TPSA) is 130 Å². The van der Waals surface area contributed by atoms with Crippen LogP contribution in [0.2, 0.25) is 0 Å². The molecule has 9 heteroatoms. The highest BCUT2D eigenvalue weighted by Crippen LogP contribution is 2.34. The molecule has 0 radical (unpaired) electrons. The second-order valence-corrected chi connectivity index (χ2v) is 7.71. The molecule has 0 bridgehead atoms. The molecule has 1 saturated carbocycles. The number of carbonyl (C=O) groups excluding carboxylic acids is 2. The lowest BCUT2D eigenvalue weighted by Crippen LogP contribution is -2.45. The van der Waals surface area contributed by atoms with Crippen molar-refractivity contribution < 1.29 is 18.8 Å². The van der Waals surface area contributed by atoms with Crippen molar-refractivity contribution in [1.29, 1.82) is 5.26 Å². The summed E-state index contributed by atoms with van der Waals surface area (Å²) in [6, 6.07) is 8.75. The first-order valence-electron chi connectivity index (χ1n) is 10.5. The Bertz CT molecular complexity index is 941. The number of nitrogens with zero attached hydrogens (tertiary/aromatic N) is 3. The van der Waals surface area contributed by atoms with Crippen LogP contribution in [-0.2, 0) is 21.5 Å². The predicted molar refractivity (Wildman–Crippen MR) is 112 cm³/mol. The molecule has 164 valence electrons. The van der Waals surface area contributed by atoms with E-state index in [0.29, 0.717) is 29.6 Å². The Hall–Kier alpha value is -3.41. The van der Waals surface area contributed by atoms with Crippen molar-refractivity contribution in [3.05, 3.63) is 36.0 Å². The summed E-state index contributed by atoms with van der Waals surface area (Å²) in [5.41, 5.74) is -0.0225. The van der Waals surface area contributed by atoms with Crippen molar-refractivity contribution in [2.75, 3.05) is 11.9 Å². The molecule has 1 aliphatic carbocycles. The Morgan fingerprint density at radius 3 is 2.74 bits per heavy atom. The van der Waals surface area contributed by atoms with Crippen molar-refractivity contribution in [3.63, 3.8) is 0 Å². The van der Waals surface area contributed by atoms with E-state index in [1.54, 1.807) is 24.3 Å². The third kappa shape index (κ3) is 6.28. The quantitative estimate of drug-likeness (QED) is 0.621. The number of hydrogen-bond donors (Lipinski definition) is 2. The van der Waals surface area contributed by atoms with Gasteiger partial charge in [0.2, 0.25) is 17.7 Å². The number of anilines is 1. The van der Waals surface area contributed by atoms with Gasteiger partial charge in [-0.3, -0.25) is 9.59 Å². The number of nitrogens with one attached hydrogen (secondary N) is 2. The molecule has 3 rings (SSSR count). The number of rotatable bonds is 8. The number of nitriles is 1. The average Bonchev–Trinajstić information content (AvgIpc) is 3.11. The number of aromatic nitrogens is 2. The van der Waals surface area contributed by atoms with Gasteiger partial charge in [-0.1, -0.05) is 36.9 Å². The number of aryl methyl sites for hydroxylation is 1. The maximum absolute atomic E-state index is 12.3. The Labute approximate surface area is 181 Å². The van der Waals surface area contributed by atoms with Gasteiger partial charge in [0.15, 0.2) is 12.4 Å². The number of ether oxygens (including phenoxy) is 1. The van der Waals surface area contributed by atoms with Crippen molar-refractivity contribution in [2.45, 2.75) is 63.8 Å². The van der Waals surface area contributed by atoms with Crippen LogP contribution in [0.1, 0.15) is 63.6 Å². The molecule has 0 saturated heterocycles. The van der Waals surface area contributed by atoms with Crippen molar-refractivity contribution in [1.82, 2.24) is 15.5 Å². The van der Waals surface area contributed by atoms with Crippen LogP contribution in [0.15, 0.2) is 28.8 Å². The summed E-state index contributed by atoms with van der Waals surface area (Å²) < 4.78 is 10.6. The Morgan fingerprint density at radius 1 is 1.26 bits per heavy atom. The van der Waals surface area contributed by atoms with Gasteiger partial charge >= 0.3 is 0 Å². The van der Waals surface area contributed by atoms with Crippen LogP contribution >= 0.6 is 0 Å². The fraction of sp³-hybridized carbons (Fsp3) is 0.500. The van der Waals surface area contributed by atoms with E-state index in [4.69, 9.17) is 14.5 Å². The molecule has 1 aromatic carbocycles. The molecule has 31 heavy (non-hydrogen) atoms. The molecular formula is C22H27N5O4. The van der Waals surface area contributed by atoms with E-state index in [9.17, 15) is 9.59 Å². The van der Waals surface area contributed by atoms with Crippen LogP contribution in [0.4, 0.5) is 5.69 Å². The minimum Gasteiger partial charge on any atom is -0.479 e. The lowest BCUT2D eigenvalue weighted by molar-refractivity contribution is -0.121. The lowest BCUT2D eigenvalue weighted by Gasteiger charge is -2.30. The van der Waals surface area contributed by atoms with E-state index in [2.05, 4.69) is 20.8 Å². The summed E-state index contributed by atoms with van der Waals surface area (Å²) in [6.45, 7) is 1.44. The van der Waals surface area contributed by atoms with Crippen molar-refractivity contribution >= 4 is 17.5 Å². The molecule has 0 spiro atoms. The number of hydrogen-bond acceptors (Lipinski definition) is 7. The van der Waals surface area contributed by atoms with E-state index in [1.807, 2.05) is 6.07 Å². The van der Waals surface area contributed by atoms with E-state index in [1.165, 1.54) is 6.92 Å². The van der Waals surface area contributed by atoms with E-state index < -0.39 is 5.54 Å². The summed E-state index contributed by atoms with van der Waals surface area (Å²) in [7, 11) is 0. The number of carbonyl (C=O) groups is 2. The van der Waals surface area contributed by atoms with Gasteiger partial charge in [0.05, 0.1) is 0 Å². The largest absolute Gasteiger partial charge is 0.479 e. The molecule has 9 nitrogen and oxygen atoms in total. The lowest BCUT2D eigenvalue weighted by atomic mass is 9.89. The van der Waals surface area contributed by atoms with E-state index >= 15 is 0 Å². The second kappa shape index (κ2) is 10.6. The highest BCUT2D eigenvalue weighted by atomic mass is 16.5. The molecule has 0 unspecified atom stereocenters. The van der Waals surface area contributed by atoms with Gasteiger partial charge in [-0.2, -0.15) is 10.2 Å². The highest BCUT2D eigenvalue weighted by Gasteiger charge is 2.38. The molecule has 0 atom stereocenters. The molecule has 1 aromatic heterocycles. The smallest absolute Gasteiger partial charge is 0.227 e. The normalized spacial score (nSPS) is 15.4. The van der Waals surface area contributed by atoms with Crippen LogP contribution < -0.4 is 15.4 Å². The van der Waals surface area contributed by atoms with E-state index in [-0.39, 0.29) is 24.8 Å².